The molecule has 9 heteroatoms. The SMILES string of the molecule is CC(C)C[C@H](NC(=O)c1ccc2c(c1)oc1ccc(N3CCN(C)CC3=O)cc12)C(=O)NC1(C#N)CC1. The number of benzene rings is 2. The number of piperazine rings is 1. The van der Waals surface area contributed by atoms with E-state index in [0.717, 1.165) is 23.0 Å². The Kier molecular flexibility index (Phi) is 6.38. The molecule has 0 spiro atoms. The van der Waals surface area contributed by atoms with Crippen molar-refractivity contribution in [3.05, 3.63) is 42.0 Å². The van der Waals surface area contributed by atoms with Crippen molar-refractivity contribution in [1.82, 2.24) is 15.5 Å². The van der Waals surface area contributed by atoms with Crippen LogP contribution < -0.4 is 15.5 Å². The molecule has 1 aromatic heterocycles. The number of hydrogen-bond acceptors (Lipinski definition) is 6. The van der Waals surface area contributed by atoms with E-state index in [4.69, 9.17) is 4.42 Å². The topological polar surface area (TPSA) is 119 Å². The summed E-state index contributed by atoms with van der Waals surface area (Å²) in [6.45, 7) is 5.78. The Bertz CT molecular complexity index is 1430. The maximum atomic E-state index is 13.1. The summed E-state index contributed by atoms with van der Waals surface area (Å²) in [6.07, 6.45) is 1.72. The van der Waals surface area contributed by atoms with Crippen LogP contribution >= 0.6 is 0 Å². The Morgan fingerprint density at radius 3 is 2.57 bits per heavy atom. The first-order chi connectivity index (χ1) is 17.7. The van der Waals surface area contributed by atoms with Crippen molar-refractivity contribution in [2.24, 2.45) is 5.92 Å². The molecule has 1 atom stereocenters. The number of carbonyl (C=O) groups is 3. The van der Waals surface area contributed by atoms with Crippen LogP contribution in [0.3, 0.4) is 0 Å². The molecule has 0 radical (unpaired) electrons. The van der Waals surface area contributed by atoms with Gasteiger partial charge in [0.1, 0.15) is 22.7 Å². The summed E-state index contributed by atoms with van der Waals surface area (Å²) in [5, 5.41) is 16.7. The number of likely N-dealkylation sites (N-methyl/N-ethyl adjacent to an activating group) is 1. The van der Waals surface area contributed by atoms with E-state index in [9.17, 15) is 19.6 Å². The first kappa shape index (κ1) is 24.8. The van der Waals surface area contributed by atoms with Gasteiger partial charge in [0.05, 0.1) is 12.6 Å². The largest absolute Gasteiger partial charge is 0.456 e. The maximum Gasteiger partial charge on any atom is 0.252 e. The summed E-state index contributed by atoms with van der Waals surface area (Å²) in [5.41, 5.74) is 1.63. The van der Waals surface area contributed by atoms with Crippen molar-refractivity contribution in [3.8, 4) is 6.07 Å². The summed E-state index contributed by atoms with van der Waals surface area (Å²) in [6, 6.07) is 12.3. The molecule has 1 saturated carbocycles. The van der Waals surface area contributed by atoms with E-state index in [1.165, 1.54) is 0 Å². The van der Waals surface area contributed by atoms with Crippen molar-refractivity contribution >= 4 is 45.3 Å². The highest BCUT2D eigenvalue weighted by molar-refractivity contribution is 6.09. The zero-order chi connectivity index (χ0) is 26.3. The molecule has 5 rings (SSSR count). The number of hydrogen-bond donors (Lipinski definition) is 2. The summed E-state index contributed by atoms with van der Waals surface area (Å²) in [4.78, 5) is 42.3. The van der Waals surface area contributed by atoms with E-state index in [-0.39, 0.29) is 23.6 Å². The van der Waals surface area contributed by atoms with Gasteiger partial charge in [0.25, 0.3) is 5.91 Å². The van der Waals surface area contributed by atoms with E-state index in [1.54, 1.807) is 17.0 Å². The number of nitrogens with one attached hydrogen (secondary N) is 2. The van der Waals surface area contributed by atoms with E-state index >= 15 is 0 Å². The van der Waals surface area contributed by atoms with Crippen LogP contribution in [0.5, 0.6) is 0 Å². The molecule has 2 heterocycles. The second-order valence-electron chi connectivity index (χ2n) is 10.6. The maximum absolute atomic E-state index is 13.1. The van der Waals surface area contributed by atoms with Crippen LogP contribution in [0.4, 0.5) is 5.69 Å². The Hall–Kier alpha value is -3.90. The minimum atomic E-state index is -0.794. The molecule has 2 N–H and O–H groups in total. The van der Waals surface area contributed by atoms with E-state index in [1.807, 2.05) is 50.1 Å². The molecule has 2 fully saturated rings. The van der Waals surface area contributed by atoms with Gasteiger partial charge in [-0.25, -0.2) is 0 Å². The van der Waals surface area contributed by atoms with Gasteiger partial charge in [-0.1, -0.05) is 13.8 Å². The number of rotatable bonds is 7. The minimum absolute atomic E-state index is 0.0576. The average Bonchev–Trinajstić information content (AvgIpc) is 3.54. The molecule has 2 aromatic carbocycles. The number of amides is 3. The Morgan fingerprint density at radius 2 is 1.89 bits per heavy atom. The summed E-state index contributed by atoms with van der Waals surface area (Å²) in [5.74, 6) is -0.486. The van der Waals surface area contributed by atoms with Crippen LogP contribution in [0.2, 0.25) is 0 Å². The number of fused-ring (bicyclic) bond motifs is 3. The van der Waals surface area contributed by atoms with E-state index < -0.39 is 11.6 Å². The molecule has 1 aliphatic heterocycles. The molecule has 0 unspecified atom stereocenters. The van der Waals surface area contributed by atoms with Gasteiger partial charge < -0.3 is 20.0 Å². The molecule has 9 nitrogen and oxygen atoms in total. The molecule has 1 saturated heterocycles. The molecular formula is C28H31N5O4. The van der Waals surface area contributed by atoms with Gasteiger partial charge in [0.15, 0.2) is 0 Å². The number of anilines is 1. The highest BCUT2D eigenvalue weighted by Gasteiger charge is 2.45. The first-order valence-corrected chi connectivity index (χ1v) is 12.7. The van der Waals surface area contributed by atoms with Crippen molar-refractivity contribution in [3.63, 3.8) is 0 Å². The van der Waals surface area contributed by atoms with Crippen molar-refractivity contribution < 1.29 is 18.8 Å². The zero-order valence-corrected chi connectivity index (χ0v) is 21.3. The molecule has 2 aliphatic rings. The molecular weight excluding hydrogens is 470 g/mol. The minimum Gasteiger partial charge on any atom is -0.456 e. The third-order valence-corrected chi connectivity index (χ3v) is 7.10. The Morgan fingerprint density at radius 1 is 1.11 bits per heavy atom. The van der Waals surface area contributed by atoms with Gasteiger partial charge >= 0.3 is 0 Å². The molecule has 192 valence electrons. The van der Waals surface area contributed by atoms with Gasteiger partial charge in [-0.05, 0) is 68.6 Å². The summed E-state index contributed by atoms with van der Waals surface area (Å²) >= 11 is 0. The fourth-order valence-corrected chi connectivity index (χ4v) is 4.80. The monoisotopic (exact) mass is 501 g/mol. The van der Waals surface area contributed by atoms with Gasteiger partial charge in [0, 0.05) is 35.1 Å². The third kappa shape index (κ3) is 5.02. The second kappa shape index (κ2) is 9.52. The van der Waals surface area contributed by atoms with Crippen LogP contribution in [-0.4, -0.2) is 60.9 Å². The normalized spacial score (nSPS) is 18.1. The average molecular weight is 502 g/mol. The first-order valence-electron chi connectivity index (χ1n) is 12.7. The molecule has 3 amide bonds. The lowest BCUT2D eigenvalue weighted by molar-refractivity contribution is -0.124. The van der Waals surface area contributed by atoms with E-state index in [0.29, 0.717) is 49.1 Å². The fourth-order valence-electron chi connectivity index (χ4n) is 4.80. The second-order valence-corrected chi connectivity index (χ2v) is 10.6. The van der Waals surface area contributed by atoms with Crippen LogP contribution in [0.15, 0.2) is 40.8 Å². The zero-order valence-electron chi connectivity index (χ0n) is 21.3. The quantitative estimate of drug-likeness (QED) is 0.513. The number of nitrogens with zero attached hydrogens (tertiary/aromatic N) is 3. The van der Waals surface area contributed by atoms with E-state index in [2.05, 4.69) is 16.7 Å². The van der Waals surface area contributed by atoms with Crippen LogP contribution in [0.25, 0.3) is 21.9 Å². The van der Waals surface area contributed by atoms with Crippen LogP contribution in [-0.2, 0) is 9.59 Å². The van der Waals surface area contributed by atoms with Crippen molar-refractivity contribution in [1.29, 1.82) is 5.26 Å². The number of nitriles is 1. The lowest BCUT2D eigenvalue weighted by atomic mass is 10.0. The highest BCUT2D eigenvalue weighted by atomic mass is 16.3. The predicted molar refractivity (Wildman–Crippen MR) is 140 cm³/mol. The number of furan rings is 1. The smallest absolute Gasteiger partial charge is 0.252 e. The molecule has 37 heavy (non-hydrogen) atoms. The fraction of sp³-hybridized carbons (Fsp3) is 0.429. The summed E-state index contributed by atoms with van der Waals surface area (Å²) < 4.78 is 6.03. The third-order valence-electron chi connectivity index (χ3n) is 7.10. The van der Waals surface area contributed by atoms with Crippen LogP contribution in [0, 0.1) is 17.2 Å². The van der Waals surface area contributed by atoms with Gasteiger partial charge in [-0.3, -0.25) is 19.3 Å². The van der Waals surface area contributed by atoms with Gasteiger partial charge in [0.2, 0.25) is 11.8 Å². The van der Waals surface area contributed by atoms with Crippen LogP contribution in [0.1, 0.15) is 43.5 Å². The Labute approximate surface area is 215 Å². The highest BCUT2D eigenvalue weighted by Crippen LogP contribution is 2.35. The summed E-state index contributed by atoms with van der Waals surface area (Å²) in [7, 11) is 1.93. The molecule has 3 aromatic rings. The Balaban J connectivity index is 1.37. The lowest BCUT2D eigenvalue weighted by Gasteiger charge is -2.32. The van der Waals surface area contributed by atoms with Crippen molar-refractivity contribution in [2.45, 2.75) is 44.7 Å². The lowest BCUT2D eigenvalue weighted by Crippen LogP contribution is -2.50. The number of carbonyl (C=O) groups excluding carboxylic acids is 3. The molecule has 0 bridgehead atoms. The van der Waals surface area contributed by atoms with Crippen molar-refractivity contribution in [2.75, 3.05) is 31.6 Å². The predicted octanol–water partition coefficient (Wildman–Crippen LogP) is 3.18. The van der Waals surface area contributed by atoms with Gasteiger partial charge in [-0.15, -0.1) is 0 Å². The van der Waals surface area contributed by atoms with Gasteiger partial charge in [-0.2, -0.15) is 5.26 Å². The molecule has 1 aliphatic carbocycles. The standard InChI is InChI=1S/C28H31N5O4/c1-17(2)12-22(27(36)31-28(16-29)8-9-28)30-26(35)18-4-6-20-21-14-19(5-7-23(21)37-24(20)13-18)33-11-10-32(3)15-25(33)34/h4-7,13-14,17,22H,8-12,15H2,1-3H3,(H,30,35)(H,31,36)/t22-/m0/s1.